The Morgan fingerprint density at radius 1 is 1.47 bits per heavy atom. The minimum atomic E-state index is -0.664. The van der Waals surface area contributed by atoms with Gasteiger partial charge in [-0.15, -0.1) is 0 Å². The van der Waals surface area contributed by atoms with Crippen LogP contribution in [0.4, 0.5) is 9.18 Å². The summed E-state index contributed by atoms with van der Waals surface area (Å²) in [7, 11) is 1.29. The Morgan fingerprint density at radius 3 is 2.53 bits per heavy atom. The summed E-state index contributed by atoms with van der Waals surface area (Å²) in [6, 6.07) is 1.14. The number of methoxy groups -OCH3 is 1. The van der Waals surface area contributed by atoms with Gasteiger partial charge in [0.1, 0.15) is 5.60 Å². The Kier molecular flexibility index (Phi) is 3.02. The molecule has 0 aliphatic heterocycles. The van der Waals surface area contributed by atoms with E-state index in [2.05, 4.69) is 0 Å². The van der Waals surface area contributed by atoms with Gasteiger partial charge in [-0.2, -0.15) is 0 Å². The highest BCUT2D eigenvalue weighted by atomic mass is 19.1. The fraction of sp³-hybridized carbons (Fsp3) is 0.500. The van der Waals surface area contributed by atoms with Crippen LogP contribution in [0, 0.1) is 5.82 Å². The molecule has 0 radical (unpaired) electrons. The molecule has 0 saturated heterocycles. The molecule has 1 aromatic rings. The van der Waals surface area contributed by atoms with Crippen molar-refractivity contribution in [3.05, 3.63) is 18.1 Å². The quantitative estimate of drug-likeness (QED) is 0.722. The molecule has 0 aliphatic rings. The molecule has 0 saturated carbocycles. The summed E-state index contributed by atoms with van der Waals surface area (Å²) < 4.78 is 23.8. The van der Waals surface area contributed by atoms with Gasteiger partial charge in [0.25, 0.3) is 0 Å². The van der Waals surface area contributed by atoms with Gasteiger partial charge in [-0.25, -0.2) is 13.8 Å². The average Bonchev–Trinajstić information content (AvgIpc) is 2.43. The van der Waals surface area contributed by atoms with E-state index in [1.165, 1.54) is 13.3 Å². The Labute approximate surface area is 87.6 Å². The van der Waals surface area contributed by atoms with Gasteiger partial charge < -0.3 is 9.47 Å². The molecule has 1 rings (SSSR count). The van der Waals surface area contributed by atoms with E-state index >= 15 is 0 Å². The van der Waals surface area contributed by atoms with E-state index in [9.17, 15) is 9.18 Å². The summed E-state index contributed by atoms with van der Waals surface area (Å²) in [5.74, 6) is -0.743. The van der Waals surface area contributed by atoms with Crippen molar-refractivity contribution in [2.45, 2.75) is 26.4 Å². The lowest BCUT2D eigenvalue weighted by Crippen LogP contribution is -2.27. The Morgan fingerprint density at radius 2 is 2.07 bits per heavy atom. The molecule has 4 nitrogen and oxygen atoms in total. The number of hydrogen-bond donors (Lipinski definition) is 0. The zero-order valence-corrected chi connectivity index (χ0v) is 9.20. The van der Waals surface area contributed by atoms with E-state index in [1.54, 1.807) is 20.8 Å². The van der Waals surface area contributed by atoms with Crippen LogP contribution >= 0.6 is 0 Å². The van der Waals surface area contributed by atoms with Gasteiger partial charge >= 0.3 is 6.09 Å². The van der Waals surface area contributed by atoms with Crippen LogP contribution in [0.15, 0.2) is 12.3 Å². The van der Waals surface area contributed by atoms with E-state index in [0.29, 0.717) is 0 Å². The van der Waals surface area contributed by atoms with E-state index in [-0.39, 0.29) is 5.88 Å². The van der Waals surface area contributed by atoms with E-state index in [1.807, 2.05) is 0 Å². The molecule has 0 N–H and O–H groups in total. The minimum Gasteiger partial charge on any atom is -0.480 e. The normalized spacial score (nSPS) is 11.3. The van der Waals surface area contributed by atoms with Crippen LogP contribution in [0.1, 0.15) is 20.8 Å². The highest BCUT2D eigenvalue weighted by molar-refractivity contribution is 5.73. The van der Waals surface area contributed by atoms with Crippen molar-refractivity contribution in [1.82, 2.24) is 4.57 Å². The van der Waals surface area contributed by atoms with Gasteiger partial charge in [0.2, 0.25) is 5.88 Å². The lowest BCUT2D eigenvalue weighted by atomic mass is 10.2. The molecule has 0 atom stereocenters. The van der Waals surface area contributed by atoms with E-state index in [0.717, 1.165) is 10.6 Å². The van der Waals surface area contributed by atoms with Crippen LogP contribution in [-0.2, 0) is 4.74 Å². The second kappa shape index (κ2) is 3.92. The third-order valence-corrected chi connectivity index (χ3v) is 1.58. The summed E-state index contributed by atoms with van der Waals surface area (Å²) >= 11 is 0. The van der Waals surface area contributed by atoms with Crippen molar-refractivity contribution < 1.29 is 18.7 Å². The summed E-state index contributed by atoms with van der Waals surface area (Å²) in [4.78, 5) is 11.5. The van der Waals surface area contributed by atoms with Crippen LogP contribution in [0.3, 0.4) is 0 Å². The van der Waals surface area contributed by atoms with Gasteiger partial charge in [0.05, 0.1) is 7.11 Å². The number of hydrogen-bond acceptors (Lipinski definition) is 3. The smallest absolute Gasteiger partial charge is 0.421 e. The SMILES string of the molecule is COc1c(F)ccn1C(=O)OC(C)(C)C. The predicted octanol–water partition coefficient (Wildman–Crippen LogP) is 2.42. The first-order chi connectivity index (χ1) is 6.85. The molecule has 0 aliphatic carbocycles. The first-order valence-corrected chi connectivity index (χ1v) is 4.49. The molecule has 0 unspecified atom stereocenters. The monoisotopic (exact) mass is 215 g/mol. The Balaban J connectivity index is 2.92. The summed E-state index contributed by atoms with van der Waals surface area (Å²) in [5, 5.41) is 0. The Hall–Kier alpha value is -1.52. The summed E-state index contributed by atoms with van der Waals surface area (Å²) in [6.45, 7) is 5.20. The largest absolute Gasteiger partial charge is 0.480 e. The van der Waals surface area contributed by atoms with Crippen molar-refractivity contribution in [2.75, 3.05) is 7.11 Å². The molecule has 1 heterocycles. The van der Waals surface area contributed by atoms with E-state index < -0.39 is 17.5 Å². The molecule has 5 heteroatoms. The van der Waals surface area contributed by atoms with Crippen molar-refractivity contribution in [2.24, 2.45) is 0 Å². The molecular weight excluding hydrogens is 201 g/mol. The topological polar surface area (TPSA) is 40.5 Å². The maximum absolute atomic E-state index is 13.1. The van der Waals surface area contributed by atoms with Gasteiger partial charge in [0, 0.05) is 6.20 Å². The first kappa shape index (κ1) is 11.6. The average molecular weight is 215 g/mol. The first-order valence-electron chi connectivity index (χ1n) is 4.49. The second-order valence-corrected chi connectivity index (χ2v) is 4.02. The predicted molar refractivity (Wildman–Crippen MR) is 52.6 cm³/mol. The van der Waals surface area contributed by atoms with Crippen LogP contribution in [0.5, 0.6) is 5.88 Å². The number of carbonyl (C=O) groups excluding carboxylic acids is 1. The zero-order valence-electron chi connectivity index (χ0n) is 9.20. The highest BCUT2D eigenvalue weighted by Crippen LogP contribution is 2.19. The molecule has 1 aromatic heterocycles. The number of halogens is 1. The zero-order chi connectivity index (χ0) is 11.6. The molecular formula is C10H14FNO3. The van der Waals surface area contributed by atoms with Crippen LogP contribution < -0.4 is 4.74 Å². The molecule has 0 fully saturated rings. The molecule has 0 bridgehead atoms. The fourth-order valence-corrected chi connectivity index (χ4v) is 1.04. The number of ether oxygens (including phenoxy) is 2. The van der Waals surface area contributed by atoms with Crippen molar-refractivity contribution in [3.8, 4) is 5.88 Å². The summed E-state index contributed by atoms with van der Waals surface area (Å²) in [6.07, 6.45) is 0.602. The van der Waals surface area contributed by atoms with Gasteiger partial charge in [-0.1, -0.05) is 0 Å². The third kappa shape index (κ3) is 2.71. The lowest BCUT2D eigenvalue weighted by Gasteiger charge is -2.19. The fourth-order valence-electron chi connectivity index (χ4n) is 1.04. The second-order valence-electron chi connectivity index (χ2n) is 4.02. The molecule has 0 amide bonds. The van der Waals surface area contributed by atoms with Crippen molar-refractivity contribution in [3.63, 3.8) is 0 Å². The third-order valence-electron chi connectivity index (χ3n) is 1.58. The maximum atomic E-state index is 13.1. The van der Waals surface area contributed by atoms with Gasteiger partial charge in [0.15, 0.2) is 5.82 Å². The van der Waals surface area contributed by atoms with Crippen LogP contribution in [0.25, 0.3) is 0 Å². The van der Waals surface area contributed by atoms with Gasteiger partial charge in [-0.05, 0) is 26.8 Å². The molecule has 15 heavy (non-hydrogen) atoms. The molecule has 0 spiro atoms. The van der Waals surface area contributed by atoms with E-state index in [4.69, 9.17) is 9.47 Å². The number of carbonyl (C=O) groups is 1. The lowest BCUT2D eigenvalue weighted by molar-refractivity contribution is 0.0523. The van der Waals surface area contributed by atoms with Crippen molar-refractivity contribution in [1.29, 1.82) is 0 Å². The van der Waals surface area contributed by atoms with Crippen molar-refractivity contribution >= 4 is 6.09 Å². The van der Waals surface area contributed by atoms with Gasteiger partial charge in [-0.3, -0.25) is 0 Å². The standard InChI is InChI=1S/C10H14FNO3/c1-10(2,3)15-9(13)12-6-5-7(11)8(12)14-4/h5-6H,1-4H3. The number of nitrogens with zero attached hydrogens (tertiary/aromatic N) is 1. The van der Waals surface area contributed by atoms with Crippen LogP contribution in [0.2, 0.25) is 0 Å². The Bertz CT molecular complexity index is 365. The number of aromatic nitrogens is 1. The minimum absolute atomic E-state index is 0.149. The maximum Gasteiger partial charge on any atom is 0.421 e. The number of rotatable bonds is 1. The van der Waals surface area contributed by atoms with Crippen LogP contribution in [-0.4, -0.2) is 23.4 Å². The summed E-state index contributed by atoms with van der Waals surface area (Å²) in [5.41, 5.74) is -0.622. The highest BCUT2D eigenvalue weighted by Gasteiger charge is 2.21. The molecule has 0 aromatic carbocycles. The molecule has 84 valence electrons.